The highest BCUT2D eigenvalue weighted by Crippen LogP contribution is 2.27. The van der Waals surface area contributed by atoms with E-state index in [-0.39, 0.29) is 17.3 Å². The molecule has 0 aliphatic heterocycles. The lowest BCUT2D eigenvalue weighted by molar-refractivity contribution is -0.141. The zero-order valence-electron chi connectivity index (χ0n) is 23.0. The molecule has 7 nitrogen and oxygen atoms in total. The van der Waals surface area contributed by atoms with Gasteiger partial charge in [-0.2, -0.15) is 0 Å². The summed E-state index contributed by atoms with van der Waals surface area (Å²) in [7, 11) is -4.10. The maximum Gasteiger partial charge on any atom is 0.264 e. The van der Waals surface area contributed by atoms with Crippen molar-refractivity contribution in [3.05, 3.63) is 95.0 Å². The third-order valence-electron chi connectivity index (χ3n) is 6.14. The van der Waals surface area contributed by atoms with Crippen LogP contribution in [-0.2, 0) is 26.2 Å². The Hall–Kier alpha value is -3.36. The lowest BCUT2D eigenvalue weighted by atomic mass is 10.1. The van der Waals surface area contributed by atoms with Gasteiger partial charge in [0.1, 0.15) is 12.6 Å². The van der Waals surface area contributed by atoms with Gasteiger partial charge in [-0.1, -0.05) is 67.1 Å². The Morgan fingerprint density at radius 2 is 1.51 bits per heavy atom. The van der Waals surface area contributed by atoms with Gasteiger partial charge in [-0.15, -0.1) is 0 Å². The first-order valence-electron chi connectivity index (χ1n) is 12.8. The summed E-state index contributed by atoms with van der Waals surface area (Å²) in [5.41, 5.74) is 1.35. The molecule has 9 heteroatoms. The monoisotopic (exact) mass is 569 g/mol. The first-order valence-corrected chi connectivity index (χ1v) is 14.6. The predicted molar refractivity (Wildman–Crippen MR) is 156 cm³/mol. The number of benzene rings is 3. The number of nitrogens with one attached hydrogen (secondary N) is 1. The molecule has 39 heavy (non-hydrogen) atoms. The predicted octanol–water partition coefficient (Wildman–Crippen LogP) is 5.57. The van der Waals surface area contributed by atoms with Crippen LogP contribution < -0.4 is 9.62 Å². The molecule has 0 fully saturated rings. The molecule has 0 unspecified atom stereocenters. The number of amides is 2. The highest BCUT2D eigenvalue weighted by atomic mass is 35.5. The minimum Gasteiger partial charge on any atom is -0.350 e. The Kier molecular flexibility index (Phi) is 9.80. The average molecular weight is 570 g/mol. The molecule has 3 rings (SSSR count). The summed E-state index contributed by atoms with van der Waals surface area (Å²) in [5.74, 6) is -0.802. The maximum absolute atomic E-state index is 14.1. The van der Waals surface area contributed by atoms with Crippen LogP contribution in [0.25, 0.3) is 0 Å². The fourth-order valence-corrected chi connectivity index (χ4v) is 5.86. The quantitative estimate of drug-likeness (QED) is 0.346. The smallest absolute Gasteiger partial charge is 0.264 e. The molecule has 1 N–H and O–H groups in total. The van der Waals surface area contributed by atoms with E-state index in [1.54, 1.807) is 67.6 Å². The number of sulfonamides is 1. The molecule has 0 bridgehead atoms. The average Bonchev–Trinajstić information content (AvgIpc) is 2.88. The van der Waals surface area contributed by atoms with Crippen LogP contribution in [-0.4, -0.2) is 43.3 Å². The van der Waals surface area contributed by atoms with Crippen LogP contribution in [0.2, 0.25) is 5.02 Å². The number of nitrogens with zero attached hydrogens (tertiary/aromatic N) is 2. The van der Waals surface area contributed by atoms with E-state index in [0.717, 1.165) is 9.87 Å². The lowest BCUT2D eigenvalue weighted by Crippen LogP contribution is -2.55. The van der Waals surface area contributed by atoms with Crippen LogP contribution in [0.1, 0.15) is 45.2 Å². The van der Waals surface area contributed by atoms with E-state index in [1.807, 2.05) is 33.8 Å². The van der Waals surface area contributed by atoms with Crippen molar-refractivity contribution in [1.82, 2.24) is 10.2 Å². The molecule has 0 heterocycles. The largest absolute Gasteiger partial charge is 0.350 e. The number of para-hydroxylation sites is 1. The Morgan fingerprint density at radius 1 is 0.923 bits per heavy atom. The third kappa shape index (κ3) is 7.83. The first-order chi connectivity index (χ1) is 18.3. The number of carbonyl (C=O) groups is 2. The van der Waals surface area contributed by atoms with E-state index in [0.29, 0.717) is 22.7 Å². The van der Waals surface area contributed by atoms with Crippen molar-refractivity contribution >= 4 is 39.1 Å². The Labute approximate surface area is 236 Å². The molecule has 0 aliphatic carbocycles. The van der Waals surface area contributed by atoms with Crippen molar-refractivity contribution in [1.29, 1.82) is 0 Å². The normalized spacial score (nSPS) is 12.5. The molecule has 3 aromatic rings. The van der Waals surface area contributed by atoms with Gasteiger partial charge in [0.05, 0.1) is 10.6 Å². The molecule has 0 aromatic heterocycles. The zero-order valence-corrected chi connectivity index (χ0v) is 24.6. The molecule has 0 radical (unpaired) electrons. The van der Waals surface area contributed by atoms with Crippen molar-refractivity contribution in [3.63, 3.8) is 0 Å². The van der Waals surface area contributed by atoms with Crippen LogP contribution in [0.15, 0.2) is 83.8 Å². The molecule has 208 valence electrons. The summed E-state index contributed by atoms with van der Waals surface area (Å²) in [4.78, 5) is 28.9. The van der Waals surface area contributed by atoms with E-state index >= 15 is 0 Å². The molecule has 2 amide bonds. The van der Waals surface area contributed by atoms with Crippen molar-refractivity contribution in [2.75, 3.05) is 10.8 Å². The molecular weight excluding hydrogens is 534 g/mol. The van der Waals surface area contributed by atoms with E-state index in [2.05, 4.69) is 5.32 Å². The van der Waals surface area contributed by atoms with Gasteiger partial charge >= 0.3 is 0 Å². The van der Waals surface area contributed by atoms with E-state index in [4.69, 9.17) is 11.6 Å². The minimum atomic E-state index is -4.10. The number of rotatable bonds is 10. The first kappa shape index (κ1) is 30.2. The minimum absolute atomic E-state index is 0.0721. The fourth-order valence-electron chi connectivity index (χ4n) is 4.24. The fraction of sp³-hybridized carbons (Fsp3) is 0.333. The maximum atomic E-state index is 14.1. The topological polar surface area (TPSA) is 86.8 Å². The van der Waals surface area contributed by atoms with Gasteiger partial charge in [0.15, 0.2) is 0 Å². The second-order valence-electron chi connectivity index (χ2n) is 10.4. The van der Waals surface area contributed by atoms with Gasteiger partial charge in [0, 0.05) is 17.1 Å². The van der Waals surface area contributed by atoms with Gasteiger partial charge in [-0.05, 0) is 75.6 Å². The van der Waals surface area contributed by atoms with Gasteiger partial charge in [-0.3, -0.25) is 13.9 Å². The lowest BCUT2D eigenvalue weighted by Gasteiger charge is -2.35. The Bertz CT molecular complexity index is 1390. The summed E-state index contributed by atoms with van der Waals surface area (Å²) in [5, 5.41) is 3.51. The summed E-state index contributed by atoms with van der Waals surface area (Å²) in [6, 6.07) is 21.2. The highest BCUT2D eigenvalue weighted by molar-refractivity contribution is 7.92. The molecule has 0 saturated carbocycles. The van der Waals surface area contributed by atoms with Gasteiger partial charge < -0.3 is 10.2 Å². The van der Waals surface area contributed by atoms with Crippen LogP contribution >= 0.6 is 11.6 Å². The van der Waals surface area contributed by atoms with Crippen LogP contribution in [0.4, 0.5) is 5.69 Å². The standard InChI is InChI=1S/C30H36ClN3O4S/c1-6-26(29(36)32-30(3,4)5)33(20-23-16-18-24(31)19-17-23)28(35)21-34(27-15-11-10-12-22(27)2)39(37,38)25-13-8-7-9-14-25/h7-19,26H,6,20-21H2,1-5H3,(H,32,36)/t26-/m0/s1. The van der Waals surface area contributed by atoms with Crippen molar-refractivity contribution in [3.8, 4) is 0 Å². The summed E-state index contributed by atoms with van der Waals surface area (Å²) >= 11 is 6.07. The molecule has 0 saturated heterocycles. The molecule has 1 atom stereocenters. The van der Waals surface area contributed by atoms with Gasteiger partial charge in [0.2, 0.25) is 11.8 Å². The number of aryl methyl sites for hydroxylation is 1. The number of carbonyl (C=O) groups excluding carboxylic acids is 2. The summed E-state index contributed by atoms with van der Waals surface area (Å²) in [6.45, 7) is 8.87. The zero-order chi connectivity index (χ0) is 28.8. The highest BCUT2D eigenvalue weighted by Gasteiger charge is 2.34. The van der Waals surface area contributed by atoms with Crippen molar-refractivity contribution in [2.45, 2.75) is 64.1 Å². The second-order valence-corrected chi connectivity index (χ2v) is 12.7. The molecular formula is C30H36ClN3O4S. The number of hydrogen-bond donors (Lipinski definition) is 1. The molecule has 0 spiro atoms. The van der Waals surface area contributed by atoms with Crippen LogP contribution in [0.5, 0.6) is 0 Å². The van der Waals surface area contributed by atoms with Gasteiger partial charge in [-0.25, -0.2) is 8.42 Å². The van der Waals surface area contributed by atoms with E-state index in [1.165, 1.54) is 17.0 Å². The number of hydrogen-bond acceptors (Lipinski definition) is 4. The van der Waals surface area contributed by atoms with E-state index in [9.17, 15) is 18.0 Å². The van der Waals surface area contributed by atoms with Crippen LogP contribution in [0.3, 0.4) is 0 Å². The summed E-state index contributed by atoms with van der Waals surface area (Å²) in [6.07, 6.45) is 0.344. The van der Waals surface area contributed by atoms with Crippen molar-refractivity contribution in [2.24, 2.45) is 0 Å². The summed E-state index contributed by atoms with van der Waals surface area (Å²) < 4.78 is 28.9. The van der Waals surface area contributed by atoms with E-state index < -0.39 is 34.1 Å². The molecule has 3 aromatic carbocycles. The second kappa shape index (κ2) is 12.7. The van der Waals surface area contributed by atoms with Crippen LogP contribution in [0, 0.1) is 6.92 Å². The Morgan fingerprint density at radius 3 is 2.08 bits per heavy atom. The number of anilines is 1. The Balaban J connectivity index is 2.07. The third-order valence-corrected chi connectivity index (χ3v) is 8.17. The van der Waals surface area contributed by atoms with Gasteiger partial charge in [0.25, 0.3) is 10.0 Å². The number of halogens is 1. The molecule has 0 aliphatic rings. The SMILES string of the molecule is CC[C@@H](C(=O)NC(C)(C)C)N(Cc1ccc(Cl)cc1)C(=O)CN(c1ccccc1C)S(=O)(=O)c1ccccc1. The van der Waals surface area contributed by atoms with Crippen molar-refractivity contribution < 1.29 is 18.0 Å².